The number of rotatable bonds is 0. The monoisotopic (exact) mass is 292 g/mol. The summed E-state index contributed by atoms with van der Waals surface area (Å²) >= 11 is 2.02. The second-order valence-corrected chi connectivity index (χ2v) is 5.96. The second kappa shape index (κ2) is 4.43. The molecule has 0 aromatic heterocycles. The average Bonchev–Trinajstić information content (AvgIpc) is 2.66. The van der Waals surface area contributed by atoms with Crippen molar-refractivity contribution in [2.45, 2.75) is 4.90 Å². The van der Waals surface area contributed by atoms with Crippen molar-refractivity contribution in [3.05, 3.63) is 34.1 Å². The smallest absolute Gasteiger partial charge is 0.293 e. The summed E-state index contributed by atoms with van der Waals surface area (Å²) in [6, 6.07) is 7.33. The average molecular weight is 292 g/mol. The largest absolute Gasteiger partial charge is 0.320 e. The molecule has 2 aliphatic heterocycles. The standard InChI is InChI=1S/C12H8N2O3S2/c1-14-11(16)9(19-12(14)17)8-10(15)13-6-4-2-3-5-7(6)18-8/h2-5H,1H3,(H,13,15)/b9-8+. The summed E-state index contributed by atoms with van der Waals surface area (Å²) < 4.78 is 0. The molecule has 1 aromatic rings. The lowest BCUT2D eigenvalue weighted by atomic mass is 10.3. The number of hydrogen-bond donors (Lipinski definition) is 1. The Balaban J connectivity index is 2.06. The van der Waals surface area contributed by atoms with E-state index in [1.807, 2.05) is 18.2 Å². The zero-order valence-corrected chi connectivity index (χ0v) is 11.4. The molecule has 1 N–H and O–H groups in total. The van der Waals surface area contributed by atoms with Crippen LogP contribution in [0.25, 0.3) is 0 Å². The first-order chi connectivity index (χ1) is 9.08. The highest BCUT2D eigenvalue weighted by atomic mass is 32.2. The summed E-state index contributed by atoms with van der Waals surface area (Å²) in [4.78, 5) is 37.8. The van der Waals surface area contributed by atoms with E-state index in [1.165, 1.54) is 18.8 Å². The van der Waals surface area contributed by atoms with Crippen LogP contribution in [-0.4, -0.2) is 29.0 Å². The Labute approximate surface area is 117 Å². The third kappa shape index (κ3) is 1.95. The van der Waals surface area contributed by atoms with Gasteiger partial charge in [0, 0.05) is 11.9 Å². The van der Waals surface area contributed by atoms with Crippen LogP contribution in [-0.2, 0) is 9.59 Å². The van der Waals surface area contributed by atoms with E-state index in [4.69, 9.17) is 0 Å². The number of imide groups is 1. The number of carbonyl (C=O) groups excluding carboxylic acids is 3. The van der Waals surface area contributed by atoms with Crippen LogP contribution in [0, 0.1) is 0 Å². The molecule has 2 heterocycles. The molecule has 3 rings (SSSR count). The SMILES string of the molecule is CN1C(=O)S/C(=C2/Sc3ccccc3NC2=O)C1=O. The van der Waals surface area contributed by atoms with Crippen molar-refractivity contribution in [3.63, 3.8) is 0 Å². The molecule has 1 fully saturated rings. The van der Waals surface area contributed by atoms with E-state index < -0.39 is 5.91 Å². The molecule has 7 heteroatoms. The minimum atomic E-state index is -0.424. The van der Waals surface area contributed by atoms with Crippen LogP contribution in [0.15, 0.2) is 39.0 Å². The maximum absolute atomic E-state index is 12.0. The van der Waals surface area contributed by atoms with Crippen LogP contribution in [0.2, 0.25) is 0 Å². The van der Waals surface area contributed by atoms with E-state index in [-0.39, 0.29) is 21.0 Å². The number of nitrogens with zero attached hydrogens (tertiary/aromatic N) is 1. The topological polar surface area (TPSA) is 66.5 Å². The molecule has 1 saturated heterocycles. The number of carbonyl (C=O) groups is 3. The van der Waals surface area contributed by atoms with Gasteiger partial charge in [-0.2, -0.15) is 0 Å². The Morgan fingerprint density at radius 2 is 1.79 bits per heavy atom. The lowest BCUT2D eigenvalue weighted by Crippen LogP contribution is -2.24. The van der Waals surface area contributed by atoms with Gasteiger partial charge in [-0.25, -0.2) is 0 Å². The number of para-hydroxylation sites is 1. The lowest BCUT2D eigenvalue weighted by Gasteiger charge is -2.18. The van der Waals surface area contributed by atoms with Crippen LogP contribution < -0.4 is 5.32 Å². The predicted molar refractivity (Wildman–Crippen MR) is 73.7 cm³/mol. The minimum absolute atomic E-state index is 0.199. The molecule has 0 radical (unpaired) electrons. The lowest BCUT2D eigenvalue weighted by molar-refractivity contribution is -0.122. The molecule has 19 heavy (non-hydrogen) atoms. The Kier molecular flexibility index (Phi) is 2.87. The molecule has 1 aromatic carbocycles. The molecular weight excluding hydrogens is 284 g/mol. The van der Waals surface area contributed by atoms with Gasteiger partial charge in [0.2, 0.25) is 0 Å². The molecule has 96 valence electrons. The van der Waals surface area contributed by atoms with Gasteiger partial charge in [0.1, 0.15) is 4.91 Å². The van der Waals surface area contributed by atoms with Gasteiger partial charge in [-0.3, -0.25) is 19.3 Å². The summed E-state index contributed by atoms with van der Waals surface area (Å²) in [5.74, 6) is -0.769. The molecule has 0 spiro atoms. The summed E-state index contributed by atoms with van der Waals surface area (Å²) in [6.45, 7) is 0. The number of fused-ring (bicyclic) bond motifs is 1. The minimum Gasteiger partial charge on any atom is -0.320 e. The third-order valence-corrected chi connectivity index (χ3v) is 5.05. The molecule has 0 aliphatic carbocycles. The van der Waals surface area contributed by atoms with Crippen molar-refractivity contribution in [1.29, 1.82) is 0 Å². The summed E-state index contributed by atoms with van der Waals surface area (Å²) in [7, 11) is 1.41. The molecule has 0 bridgehead atoms. The van der Waals surface area contributed by atoms with E-state index in [2.05, 4.69) is 5.32 Å². The van der Waals surface area contributed by atoms with E-state index >= 15 is 0 Å². The normalized spacial score (nSPS) is 22.6. The molecule has 0 atom stereocenters. The number of thioether (sulfide) groups is 2. The summed E-state index contributed by atoms with van der Waals surface area (Å²) in [5, 5.41) is 2.36. The van der Waals surface area contributed by atoms with Crippen molar-refractivity contribution in [2.75, 3.05) is 12.4 Å². The number of hydrogen-bond acceptors (Lipinski definition) is 5. The highest BCUT2D eigenvalue weighted by Gasteiger charge is 2.38. The van der Waals surface area contributed by atoms with Gasteiger partial charge in [0.05, 0.1) is 10.6 Å². The van der Waals surface area contributed by atoms with Gasteiger partial charge in [-0.15, -0.1) is 0 Å². The first kappa shape index (κ1) is 12.3. The molecule has 0 unspecified atom stereocenters. The molecular formula is C12H8N2O3S2. The maximum atomic E-state index is 12.0. The number of nitrogens with one attached hydrogen (secondary N) is 1. The van der Waals surface area contributed by atoms with Crippen LogP contribution in [0.5, 0.6) is 0 Å². The Morgan fingerprint density at radius 1 is 1.05 bits per heavy atom. The predicted octanol–water partition coefficient (Wildman–Crippen LogP) is 2.27. The van der Waals surface area contributed by atoms with Crippen LogP contribution in [0.3, 0.4) is 0 Å². The fourth-order valence-corrected chi connectivity index (χ4v) is 3.70. The number of amides is 3. The van der Waals surface area contributed by atoms with Gasteiger partial charge in [-0.05, 0) is 23.9 Å². The quantitative estimate of drug-likeness (QED) is 0.743. The van der Waals surface area contributed by atoms with Crippen molar-refractivity contribution in [3.8, 4) is 0 Å². The first-order valence-electron chi connectivity index (χ1n) is 5.40. The molecule has 3 amide bonds. The van der Waals surface area contributed by atoms with Gasteiger partial charge in [-0.1, -0.05) is 23.9 Å². The number of benzene rings is 1. The molecule has 0 saturated carbocycles. The fourth-order valence-electron chi connectivity index (χ4n) is 1.72. The molecule has 2 aliphatic rings. The van der Waals surface area contributed by atoms with Gasteiger partial charge in [0.25, 0.3) is 17.1 Å². The van der Waals surface area contributed by atoms with Crippen molar-refractivity contribution < 1.29 is 14.4 Å². The Bertz CT molecular complexity index is 654. The van der Waals surface area contributed by atoms with Crippen LogP contribution in [0.4, 0.5) is 10.5 Å². The zero-order chi connectivity index (χ0) is 13.6. The molecule has 5 nitrogen and oxygen atoms in total. The zero-order valence-electron chi connectivity index (χ0n) is 9.80. The highest BCUT2D eigenvalue weighted by Crippen LogP contribution is 2.44. The first-order valence-corrected chi connectivity index (χ1v) is 7.03. The van der Waals surface area contributed by atoms with Gasteiger partial charge < -0.3 is 5.32 Å². The van der Waals surface area contributed by atoms with Gasteiger partial charge >= 0.3 is 0 Å². The fraction of sp³-hybridized carbons (Fsp3) is 0.0833. The van der Waals surface area contributed by atoms with E-state index in [1.54, 1.807) is 6.07 Å². The second-order valence-electron chi connectivity index (χ2n) is 3.94. The number of likely N-dealkylation sites (N-methyl/N-ethyl adjacent to an activating group) is 1. The van der Waals surface area contributed by atoms with Crippen molar-refractivity contribution in [1.82, 2.24) is 4.90 Å². The van der Waals surface area contributed by atoms with Crippen LogP contribution in [0.1, 0.15) is 0 Å². The van der Waals surface area contributed by atoms with Crippen molar-refractivity contribution >= 4 is 46.3 Å². The summed E-state index contributed by atoms with van der Waals surface area (Å²) in [6.07, 6.45) is 0. The van der Waals surface area contributed by atoms with Crippen LogP contribution >= 0.6 is 23.5 Å². The van der Waals surface area contributed by atoms with Gasteiger partial charge in [0.15, 0.2) is 0 Å². The van der Waals surface area contributed by atoms with Crippen molar-refractivity contribution in [2.24, 2.45) is 0 Å². The third-order valence-electron chi connectivity index (χ3n) is 2.72. The van der Waals surface area contributed by atoms with E-state index in [0.29, 0.717) is 0 Å². The highest BCUT2D eigenvalue weighted by molar-refractivity contribution is 8.19. The number of anilines is 1. The van der Waals surface area contributed by atoms with E-state index in [9.17, 15) is 14.4 Å². The summed E-state index contributed by atoms with van der Waals surface area (Å²) in [5.41, 5.74) is 0.719. The van der Waals surface area contributed by atoms with E-state index in [0.717, 1.165) is 27.2 Å². The maximum Gasteiger partial charge on any atom is 0.293 e. The Morgan fingerprint density at radius 3 is 2.47 bits per heavy atom. The Hall–Kier alpha value is -1.73.